The third-order valence-electron chi connectivity index (χ3n) is 6.26. The van der Waals surface area contributed by atoms with Crippen molar-refractivity contribution in [2.24, 2.45) is 0 Å². The smallest absolute Gasteiger partial charge is 0.338 e. The zero-order chi connectivity index (χ0) is 26.1. The molecule has 36 heavy (non-hydrogen) atoms. The number of benzene rings is 2. The SMILES string of the molecule is C=CCOC(=O)c1ccc(C[S+]([O-])C2CC(=O)N2C(C)OCC(CCCC)c2ccccc2Cl)cc1. The summed E-state index contributed by atoms with van der Waals surface area (Å²) >= 11 is 5.13. The van der Waals surface area contributed by atoms with Gasteiger partial charge in [0.1, 0.15) is 18.6 Å². The Morgan fingerprint density at radius 2 is 2.00 bits per heavy atom. The van der Waals surface area contributed by atoms with Crippen molar-refractivity contribution in [1.82, 2.24) is 4.90 Å². The van der Waals surface area contributed by atoms with Crippen LogP contribution in [0.3, 0.4) is 0 Å². The second-order valence-electron chi connectivity index (χ2n) is 8.86. The first-order valence-electron chi connectivity index (χ1n) is 12.3. The Bertz CT molecular complexity index is 1030. The molecule has 1 saturated heterocycles. The molecule has 0 spiro atoms. The summed E-state index contributed by atoms with van der Waals surface area (Å²) < 4.78 is 24.3. The molecule has 1 amide bonds. The van der Waals surface area contributed by atoms with Gasteiger partial charge in [0.05, 0.1) is 18.6 Å². The average Bonchev–Trinajstić information content (AvgIpc) is 2.86. The van der Waals surface area contributed by atoms with Gasteiger partial charge in [0.25, 0.3) is 0 Å². The average molecular weight is 532 g/mol. The van der Waals surface area contributed by atoms with E-state index in [1.165, 1.54) is 6.08 Å². The summed E-state index contributed by atoms with van der Waals surface area (Å²) in [5.41, 5.74) is 2.29. The molecule has 0 saturated carbocycles. The normalized spacial score (nSPS) is 17.7. The van der Waals surface area contributed by atoms with Crippen LogP contribution in [0.25, 0.3) is 0 Å². The van der Waals surface area contributed by atoms with E-state index in [9.17, 15) is 14.1 Å². The molecule has 0 N–H and O–H groups in total. The first-order valence-corrected chi connectivity index (χ1v) is 14.0. The Morgan fingerprint density at radius 1 is 1.28 bits per heavy atom. The van der Waals surface area contributed by atoms with Crippen LogP contribution in [0.1, 0.15) is 66.9 Å². The number of nitrogens with zero attached hydrogens (tertiary/aromatic N) is 1. The van der Waals surface area contributed by atoms with Crippen LogP contribution in [0.2, 0.25) is 5.02 Å². The molecule has 8 heteroatoms. The zero-order valence-electron chi connectivity index (χ0n) is 20.9. The van der Waals surface area contributed by atoms with Gasteiger partial charge in [0.15, 0.2) is 0 Å². The quantitative estimate of drug-likeness (QED) is 0.133. The van der Waals surface area contributed by atoms with E-state index in [0.717, 1.165) is 30.4 Å². The summed E-state index contributed by atoms with van der Waals surface area (Å²) in [6.45, 7) is 8.07. The van der Waals surface area contributed by atoms with Crippen molar-refractivity contribution in [3.05, 3.63) is 82.9 Å². The van der Waals surface area contributed by atoms with E-state index in [1.807, 2.05) is 31.2 Å². The maximum absolute atomic E-state index is 13.1. The summed E-state index contributed by atoms with van der Waals surface area (Å²) in [6, 6.07) is 14.6. The monoisotopic (exact) mass is 531 g/mol. The van der Waals surface area contributed by atoms with Crippen molar-refractivity contribution in [3.8, 4) is 0 Å². The Kier molecular flexibility index (Phi) is 10.9. The highest BCUT2D eigenvalue weighted by atomic mass is 35.5. The van der Waals surface area contributed by atoms with Crippen molar-refractivity contribution >= 4 is 34.7 Å². The number of rotatable bonds is 14. The second kappa shape index (κ2) is 13.8. The van der Waals surface area contributed by atoms with Crippen molar-refractivity contribution in [2.75, 3.05) is 13.2 Å². The maximum atomic E-state index is 13.1. The standard InChI is InChI=1S/C28H34ClNO5S/c1-4-6-9-23(24-10-7-8-11-25(24)29)18-35-20(3)30-26(31)17-27(30)36(33)19-21-12-14-22(15-13-21)28(32)34-16-5-2/h5,7-8,10-15,20,23,27H,2,4,6,9,16-19H2,1,3H3. The molecule has 0 aromatic heterocycles. The van der Waals surface area contributed by atoms with Gasteiger partial charge in [-0.25, -0.2) is 4.79 Å². The predicted octanol–water partition coefficient (Wildman–Crippen LogP) is 5.83. The molecular formula is C28H34ClNO5S. The Morgan fingerprint density at radius 3 is 2.64 bits per heavy atom. The highest BCUT2D eigenvalue weighted by Gasteiger charge is 2.47. The molecule has 1 heterocycles. The molecule has 0 bridgehead atoms. The van der Waals surface area contributed by atoms with Crippen molar-refractivity contribution in [2.45, 2.75) is 62.8 Å². The van der Waals surface area contributed by atoms with Crippen molar-refractivity contribution in [1.29, 1.82) is 0 Å². The van der Waals surface area contributed by atoms with E-state index in [1.54, 1.807) is 29.2 Å². The highest BCUT2D eigenvalue weighted by Crippen LogP contribution is 2.32. The molecule has 2 aromatic carbocycles. The van der Waals surface area contributed by atoms with Crippen LogP contribution >= 0.6 is 11.6 Å². The summed E-state index contributed by atoms with van der Waals surface area (Å²) in [6.07, 6.45) is 4.30. The molecule has 1 aliphatic rings. The van der Waals surface area contributed by atoms with Gasteiger partial charge in [-0.2, -0.15) is 0 Å². The third-order valence-corrected chi connectivity index (χ3v) is 8.23. The number of carbonyl (C=O) groups excluding carboxylic acids is 2. The molecule has 3 rings (SSSR count). The van der Waals surface area contributed by atoms with E-state index in [4.69, 9.17) is 21.1 Å². The fraction of sp³-hybridized carbons (Fsp3) is 0.429. The molecule has 0 radical (unpaired) electrons. The number of hydrogen-bond acceptors (Lipinski definition) is 5. The second-order valence-corrected chi connectivity index (χ2v) is 10.9. The van der Waals surface area contributed by atoms with Crippen LogP contribution in [0.4, 0.5) is 0 Å². The van der Waals surface area contributed by atoms with E-state index in [2.05, 4.69) is 13.5 Å². The summed E-state index contributed by atoms with van der Waals surface area (Å²) in [4.78, 5) is 25.9. The number of likely N-dealkylation sites (tertiary alicyclic amines) is 1. The van der Waals surface area contributed by atoms with Gasteiger partial charge in [0.2, 0.25) is 11.3 Å². The molecule has 194 valence electrons. The van der Waals surface area contributed by atoms with Crippen LogP contribution in [0.5, 0.6) is 0 Å². The number of unbranched alkanes of at least 4 members (excludes halogenated alkanes) is 1. The lowest BCUT2D eigenvalue weighted by Gasteiger charge is -2.43. The molecular weight excluding hydrogens is 498 g/mol. The van der Waals surface area contributed by atoms with Crippen LogP contribution in [0.15, 0.2) is 61.2 Å². The van der Waals surface area contributed by atoms with Crippen LogP contribution in [-0.2, 0) is 31.2 Å². The summed E-state index contributed by atoms with van der Waals surface area (Å²) in [5, 5.41) is 0.313. The van der Waals surface area contributed by atoms with Crippen LogP contribution in [0, 0.1) is 0 Å². The summed E-state index contributed by atoms with van der Waals surface area (Å²) in [5.74, 6) is -0.0949. The minimum absolute atomic E-state index is 0.0657. The molecule has 1 fully saturated rings. The van der Waals surface area contributed by atoms with E-state index in [-0.39, 0.29) is 30.6 Å². The first-order chi connectivity index (χ1) is 17.3. The minimum atomic E-state index is -1.31. The van der Waals surface area contributed by atoms with Crippen LogP contribution in [-0.4, -0.2) is 46.1 Å². The third kappa shape index (κ3) is 7.35. The number of esters is 1. The fourth-order valence-corrected chi connectivity index (χ4v) is 6.07. The maximum Gasteiger partial charge on any atom is 0.338 e. The predicted molar refractivity (Wildman–Crippen MR) is 143 cm³/mol. The topological polar surface area (TPSA) is 78.9 Å². The number of ether oxygens (including phenoxy) is 2. The lowest BCUT2D eigenvalue weighted by Crippen LogP contribution is -2.60. The van der Waals surface area contributed by atoms with Gasteiger partial charge in [0, 0.05) is 16.5 Å². The zero-order valence-corrected chi connectivity index (χ0v) is 22.4. The highest BCUT2D eigenvalue weighted by molar-refractivity contribution is 7.91. The van der Waals surface area contributed by atoms with Crippen LogP contribution < -0.4 is 0 Å². The molecule has 1 aliphatic heterocycles. The lowest BCUT2D eigenvalue weighted by molar-refractivity contribution is -0.161. The molecule has 6 nitrogen and oxygen atoms in total. The van der Waals surface area contributed by atoms with E-state index < -0.39 is 28.7 Å². The number of carbonyl (C=O) groups is 2. The van der Waals surface area contributed by atoms with Gasteiger partial charge in [-0.3, -0.25) is 9.69 Å². The fourth-order valence-electron chi connectivity index (χ4n) is 4.19. The Labute approximate surface area is 221 Å². The number of halogens is 1. The Balaban J connectivity index is 1.58. The number of hydrogen-bond donors (Lipinski definition) is 0. The van der Waals surface area contributed by atoms with Gasteiger partial charge in [-0.05, 0) is 48.3 Å². The van der Waals surface area contributed by atoms with Gasteiger partial charge >= 0.3 is 5.97 Å². The molecule has 4 atom stereocenters. The molecule has 2 aromatic rings. The largest absolute Gasteiger partial charge is 0.614 e. The van der Waals surface area contributed by atoms with Gasteiger partial charge in [-0.1, -0.05) is 74.4 Å². The van der Waals surface area contributed by atoms with E-state index in [0.29, 0.717) is 17.2 Å². The minimum Gasteiger partial charge on any atom is -0.614 e. The van der Waals surface area contributed by atoms with Crippen molar-refractivity contribution < 1.29 is 23.6 Å². The first kappa shape index (κ1) is 28.3. The molecule has 4 unspecified atom stereocenters. The van der Waals surface area contributed by atoms with E-state index >= 15 is 0 Å². The van der Waals surface area contributed by atoms with Gasteiger partial charge < -0.3 is 14.0 Å². The lowest BCUT2D eigenvalue weighted by atomic mass is 9.94. The molecule has 0 aliphatic carbocycles. The number of amides is 1. The van der Waals surface area contributed by atoms with Gasteiger partial charge in [-0.15, -0.1) is 0 Å². The van der Waals surface area contributed by atoms with Crippen molar-refractivity contribution in [3.63, 3.8) is 0 Å². The summed E-state index contributed by atoms with van der Waals surface area (Å²) in [7, 11) is 0. The Hall–Kier alpha value is -2.32. The number of β-lactam (4-membered cyclic amide) rings is 1.